The molecule has 0 aliphatic heterocycles. The molecule has 0 fully saturated rings. The Kier molecular flexibility index (Phi) is 3.70. The van der Waals surface area contributed by atoms with Crippen molar-refractivity contribution in [2.75, 3.05) is 0 Å². The maximum Gasteiger partial charge on any atom is 0.0198 e. The van der Waals surface area contributed by atoms with E-state index >= 15 is 0 Å². The van der Waals surface area contributed by atoms with Crippen LogP contribution in [0.15, 0.2) is 28.7 Å². The summed E-state index contributed by atoms with van der Waals surface area (Å²) in [7, 11) is 0. The van der Waals surface area contributed by atoms with E-state index in [1.54, 1.807) is 0 Å². The summed E-state index contributed by atoms with van der Waals surface area (Å²) in [6, 6.07) is 6.40. The monoisotopic (exact) mass is 239 g/mol. The van der Waals surface area contributed by atoms with Crippen molar-refractivity contribution in [3.05, 3.63) is 39.9 Å². The van der Waals surface area contributed by atoms with E-state index in [4.69, 9.17) is 5.73 Å². The van der Waals surface area contributed by atoms with Crippen LogP contribution < -0.4 is 5.73 Å². The molecule has 2 N–H and O–H groups in total. The summed E-state index contributed by atoms with van der Waals surface area (Å²) in [4.78, 5) is 0. The van der Waals surface area contributed by atoms with Crippen molar-refractivity contribution in [1.82, 2.24) is 0 Å². The Hall–Kier alpha value is -0.600. The summed E-state index contributed by atoms with van der Waals surface area (Å²) < 4.78 is 1.11. The molecule has 0 bridgehead atoms. The van der Waals surface area contributed by atoms with Gasteiger partial charge in [0.25, 0.3) is 0 Å². The van der Waals surface area contributed by atoms with Crippen LogP contribution in [0.5, 0.6) is 0 Å². The zero-order valence-corrected chi connectivity index (χ0v) is 9.51. The van der Waals surface area contributed by atoms with Crippen LogP contribution in [0.1, 0.15) is 18.1 Å². The Balaban J connectivity index is 2.89. The first-order chi connectivity index (χ1) is 6.08. The molecule has 1 aromatic carbocycles. The Bertz CT molecular complexity index is 296. The highest BCUT2D eigenvalue weighted by molar-refractivity contribution is 9.10. The minimum atomic E-state index is 0.110. The van der Waals surface area contributed by atoms with Gasteiger partial charge in [-0.15, -0.1) is 0 Å². The van der Waals surface area contributed by atoms with Gasteiger partial charge in [-0.2, -0.15) is 0 Å². The summed E-state index contributed by atoms with van der Waals surface area (Å²) >= 11 is 3.45. The van der Waals surface area contributed by atoms with Gasteiger partial charge in [-0.1, -0.05) is 34.1 Å². The molecule has 1 nitrogen and oxygen atoms in total. The fourth-order valence-electron chi connectivity index (χ4n) is 1.12. The highest BCUT2D eigenvalue weighted by atomic mass is 79.9. The highest BCUT2D eigenvalue weighted by Crippen LogP contribution is 2.16. The summed E-state index contributed by atoms with van der Waals surface area (Å²) in [5, 5.41) is 0. The number of aryl methyl sites for hydroxylation is 1. The van der Waals surface area contributed by atoms with E-state index in [1.807, 2.05) is 19.1 Å². The third kappa shape index (κ3) is 3.75. The first-order valence-corrected chi connectivity index (χ1v) is 5.08. The van der Waals surface area contributed by atoms with Crippen LogP contribution in [-0.4, -0.2) is 6.04 Å². The van der Waals surface area contributed by atoms with Crippen LogP contribution in [0.2, 0.25) is 0 Å². The molecule has 1 rings (SSSR count). The minimum absolute atomic E-state index is 0.110. The van der Waals surface area contributed by atoms with E-state index in [-0.39, 0.29) is 6.04 Å². The van der Waals surface area contributed by atoms with Crippen molar-refractivity contribution in [2.24, 2.45) is 5.73 Å². The molecule has 0 saturated carbocycles. The lowest BCUT2D eigenvalue weighted by Gasteiger charge is -1.99. The van der Waals surface area contributed by atoms with Gasteiger partial charge in [-0.3, -0.25) is 0 Å². The van der Waals surface area contributed by atoms with Crippen molar-refractivity contribution in [1.29, 1.82) is 0 Å². The fraction of sp³-hybridized carbons (Fsp3) is 0.273. The molecule has 0 aliphatic carbocycles. The summed E-state index contributed by atoms with van der Waals surface area (Å²) in [6.07, 6.45) is 4.03. The second-order valence-electron chi connectivity index (χ2n) is 3.28. The molecule has 13 heavy (non-hydrogen) atoms. The molecular formula is C11H14BrN. The second-order valence-corrected chi connectivity index (χ2v) is 4.20. The predicted octanol–water partition coefficient (Wildman–Crippen LogP) is 3.12. The molecule has 0 aromatic heterocycles. The van der Waals surface area contributed by atoms with Gasteiger partial charge in [0, 0.05) is 10.5 Å². The number of hydrogen-bond acceptors (Lipinski definition) is 1. The van der Waals surface area contributed by atoms with Gasteiger partial charge in [0.05, 0.1) is 0 Å². The first kappa shape index (κ1) is 10.5. The van der Waals surface area contributed by atoms with Gasteiger partial charge in [-0.25, -0.2) is 0 Å². The van der Waals surface area contributed by atoms with Crippen LogP contribution in [0.3, 0.4) is 0 Å². The van der Waals surface area contributed by atoms with Crippen LogP contribution >= 0.6 is 15.9 Å². The van der Waals surface area contributed by atoms with E-state index in [0.717, 1.165) is 4.47 Å². The number of benzene rings is 1. The van der Waals surface area contributed by atoms with Crippen LogP contribution in [0.4, 0.5) is 0 Å². The number of halogens is 1. The fourth-order valence-corrected chi connectivity index (χ4v) is 1.75. The van der Waals surface area contributed by atoms with Gasteiger partial charge >= 0.3 is 0 Å². The quantitative estimate of drug-likeness (QED) is 0.844. The molecule has 70 valence electrons. The third-order valence-corrected chi connectivity index (χ3v) is 2.11. The molecule has 0 heterocycles. The molecule has 0 spiro atoms. The minimum Gasteiger partial charge on any atom is -0.325 e. The van der Waals surface area contributed by atoms with Gasteiger partial charge in [0.15, 0.2) is 0 Å². The van der Waals surface area contributed by atoms with Crippen molar-refractivity contribution >= 4 is 22.0 Å². The third-order valence-electron chi connectivity index (χ3n) is 1.66. The van der Waals surface area contributed by atoms with E-state index in [1.165, 1.54) is 11.1 Å². The van der Waals surface area contributed by atoms with Crippen molar-refractivity contribution in [3.8, 4) is 0 Å². The highest BCUT2D eigenvalue weighted by Gasteiger charge is 1.93. The van der Waals surface area contributed by atoms with E-state index in [0.29, 0.717) is 0 Å². The SMILES string of the molecule is Cc1cc(Br)cc(/C=C/C(C)N)c1. The molecule has 0 saturated heterocycles. The van der Waals surface area contributed by atoms with Gasteiger partial charge in [0.1, 0.15) is 0 Å². The van der Waals surface area contributed by atoms with Crippen molar-refractivity contribution in [2.45, 2.75) is 19.9 Å². The van der Waals surface area contributed by atoms with Crippen molar-refractivity contribution < 1.29 is 0 Å². The molecule has 0 amide bonds. The largest absolute Gasteiger partial charge is 0.325 e. The van der Waals surface area contributed by atoms with Crippen LogP contribution in [-0.2, 0) is 0 Å². The summed E-state index contributed by atoms with van der Waals surface area (Å²) in [5.74, 6) is 0. The Morgan fingerprint density at radius 1 is 1.38 bits per heavy atom. The van der Waals surface area contributed by atoms with E-state index in [2.05, 4.69) is 41.1 Å². The maximum absolute atomic E-state index is 5.62. The van der Waals surface area contributed by atoms with Crippen LogP contribution in [0.25, 0.3) is 6.08 Å². The van der Waals surface area contributed by atoms with E-state index in [9.17, 15) is 0 Å². The van der Waals surface area contributed by atoms with Gasteiger partial charge in [-0.05, 0) is 37.1 Å². The molecule has 1 atom stereocenters. The van der Waals surface area contributed by atoms with Gasteiger partial charge < -0.3 is 5.73 Å². The summed E-state index contributed by atoms with van der Waals surface area (Å²) in [5.41, 5.74) is 8.05. The number of rotatable bonds is 2. The molecule has 0 aliphatic rings. The number of nitrogens with two attached hydrogens (primary N) is 1. The zero-order valence-electron chi connectivity index (χ0n) is 7.92. The standard InChI is InChI=1S/C11H14BrN/c1-8-5-10(4-3-9(2)13)7-11(12)6-8/h3-7,9H,13H2,1-2H3/b4-3+. The summed E-state index contributed by atoms with van der Waals surface area (Å²) in [6.45, 7) is 4.04. The molecule has 1 unspecified atom stereocenters. The van der Waals surface area contributed by atoms with E-state index < -0.39 is 0 Å². The Morgan fingerprint density at radius 2 is 2.08 bits per heavy atom. The molecule has 2 heteroatoms. The lowest BCUT2D eigenvalue weighted by Crippen LogP contribution is -2.09. The van der Waals surface area contributed by atoms with Crippen molar-refractivity contribution in [3.63, 3.8) is 0 Å². The second kappa shape index (κ2) is 4.58. The average Bonchev–Trinajstić information content (AvgIpc) is 1.99. The lowest BCUT2D eigenvalue weighted by molar-refractivity contribution is 0.931. The Morgan fingerprint density at radius 3 is 2.62 bits per heavy atom. The van der Waals surface area contributed by atoms with Crippen LogP contribution in [0, 0.1) is 6.92 Å². The van der Waals surface area contributed by atoms with Gasteiger partial charge in [0.2, 0.25) is 0 Å². The smallest absolute Gasteiger partial charge is 0.0198 e. The Labute approximate surface area is 87.8 Å². The average molecular weight is 240 g/mol. The first-order valence-electron chi connectivity index (χ1n) is 4.29. The molecule has 0 radical (unpaired) electrons. The normalized spacial score (nSPS) is 13.5. The topological polar surface area (TPSA) is 26.0 Å². The molecular weight excluding hydrogens is 226 g/mol. The maximum atomic E-state index is 5.62. The number of hydrogen-bond donors (Lipinski definition) is 1. The molecule has 1 aromatic rings. The lowest BCUT2D eigenvalue weighted by atomic mass is 10.1. The predicted molar refractivity (Wildman–Crippen MR) is 61.6 cm³/mol. The zero-order chi connectivity index (χ0) is 9.84.